The maximum atomic E-state index is 13.6. The van der Waals surface area contributed by atoms with Crippen molar-refractivity contribution in [1.29, 1.82) is 0 Å². The third kappa shape index (κ3) is 5.42. The van der Waals surface area contributed by atoms with Crippen LogP contribution in [0.3, 0.4) is 0 Å². The van der Waals surface area contributed by atoms with E-state index in [0.717, 1.165) is 24.3 Å². The van der Waals surface area contributed by atoms with Gasteiger partial charge >= 0.3 is 5.97 Å². The fourth-order valence-corrected chi connectivity index (χ4v) is 9.29. The Kier molecular flexibility index (Phi) is 8.73. The zero-order chi connectivity index (χ0) is 29.7. The number of ketones is 1. The zero-order valence-corrected chi connectivity index (χ0v) is 26.7. The summed E-state index contributed by atoms with van der Waals surface area (Å²) in [7, 11) is 0. The van der Waals surface area contributed by atoms with Crippen LogP contribution in [0.4, 0.5) is 0 Å². The molecule has 8 atom stereocenters. The maximum absolute atomic E-state index is 13.6. The van der Waals surface area contributed by atoms with Gasteiger partial charge in [0.05, 0.1) is 23.1 Å². The van der Waals surface area contributed by atoms with Crippen LogP contribution >= 0.6 is 23.1 Å². The van der Waals surface area contributed by atoms with E-state index >= 15 is 0 Å². The zero-order valence-electron chi connectivity index (χ0n) is 25.0. The molecule has 0 radical (unpaired) electrons. The van der Waals surface area contributed by atoms with Gasteiger partial charge in [0.1, 0.15) is 16.8 Å². The molecule has 4 rings (SSSR count). The Morgan fingerprint density at radius 2 is 2.02 bits per heavy atom. The summed E-state index contributed by atoms with van der Waals surface area (Å²) < 4.78 is 5.94. The summed E-state index contributed by atoms with van der Waals surface area (Å²) in [6, 6.07) is 0. The number of ether oxygens (including phenoxy) is 1. The van der Waals surface area contributed by atoms with Crippen LogP contribution in [-0.2, 0) is 14.3 Å². The fourth-order valence-electron chi connectivity index (χ4n) is 7.85. The minimum atomic E-state index is -0.684. The monoisotopic (exact) mass is 590 g/mol. The second-order valence-electron chi connectivity index (χ2n) is 13.5. The van der Waals surface area contributed by atoms with E-state index in [1.54, 1.807) is 6.20 Å². The molecule has 2 bridgehead atoms. The number of Topliss-reactive ketones (excluding diaryl/α,β-unsaturated/α-hetero) is 1. The van der Waals surface area contributed by atoms with E-state index in [1.807, 2.05) is 33.8 Å². The number of carbonyl (C=O) groups is 3. The Balaban J connectivity index is 1.52. The average Bonchev–Trinajstić information content (AvgIpc) is 3.50. The molecule has 0 spiro atoms. The van der Waals surface area contributed by atoms with Gasteiger partial charge in [0.2, 0.25) is 0 Å². The lowest BCUT2D eigenvalue weighted by atomic mass is 9.44. The summed E-state index contributed by atoms with van der Waals surface area (Å²) in [5.41, 5.74) is -1.47. The first-order chi connectivity index (χ1) is 18.6. The number of aliphatic hydroxyl groups is 1. The van der Waals surface area contributed by atoms with Gasteiger partial charge in [-0.2, -0.15) is 0 Å². The molecule has 3 fully saturated rings. The van der Waals surface area contributed by atoms with Gasteiger partial charge in [0.15, 0.2) is 0 Å². The summed E-state index contributed by atoms with van der Waals surface area (Å²) in [5, 5.41) is 15.5. The number of aromatic nitrogens is 1. The SMILES string of the molecule is C=C[C@]1(C)C[C@@H](OC(=O)CSC(C)(C)CNC(=O)c2cnc(C)s2)[C@]2(C)[C@H](C)CC[C@]3(CCC(=O)[C@H]32)[C@@H](C)[C@@H]1O. The summed E-state index contributed by atoms with van der Waals surface area (Å²) in [6.45, 7) is 18.8. The lowest BCUT2D eigenvalue weighted by Crippen LogP contribution is -2.63. The first kappa shape index (κ1) is 31.2. The number of rotatable bonds is 8. The van der Waals surface area contributed by atoms with Crippen LogP contribution in [0.15, 0.2) is 18.9 Å². The van der Waals surface area contributed by atoms with Crippen LogP contribution < -0.4 is 5.32 Å². The number of aliphatic hydroxyl groups excluding tert-OH is 1. The third-order valence-corrected chi connectivity index (χ3v) is 12.9. The molecular formula is C31H46N2O5S2. The van der Waals surface area contributed by atoms with Crippen LogP contribution in [0.5, 0.6) is 0 Å². The van der Waals surface area contributed by atoms with Crippen molar-refractivity contribution in [3.63, 3.8) is 0 Å². The highest BCUT2D eigenvalue weighted by atomic mass is 32.2. The molecular weight excluding hydrogens is 544 g/mol. The number of hydrogen-bond acceptors (Lipinski definition) is 8. The van der Waals surface area contributed by atoms with E-state index in [4.69, 9.17) is 4.74 Å². The van der Waals surface area contributed by atoms with Gasteiger partial charge in [-0.3, -0.25) is 14.4 Å². The molecule has 40 heavy (non-hydrogen) atoms. The Morgan fingerprint density at radius 1 is 1.32 bits per heavy atom. The van der Waals surface area contributed by atoms with Crippen molar-refractivity contribution in [3.8, 4) is 0 Å². The molecule has 0 aliphatic heterocycles. The van der Waals surface area contributed by atoms with Crippen LogP contribution in [0.25, 0.3) is 0 Å². The van der Waals surface area contributed by atoms with Gasteiger partial charge in [-0.05, 0) is 63.7 Å². The lowest BCUT2D eigenvalue weighted by Gasteiger charge is -2.61. The average molecular weight is 591 g/mol. The van der Waals surface area contributed by atoms with Gasteiger partial charge in [-0.15, -0.1) is 29.7 Å². The molecule has 1 amide bonds. The molecule has 3 saturated carbocycles. The molecule has 0 saturated heterocycles. The van der Waals surface area contributed by atoms with E-state index < -0.39 is 27.8 Å². The molecule has 3 aliphatic carbocycles. The number of nitrogens with one attached hydrogen (secondary N) is 1. The number of aryl methyl sites for hydroxylation is 1. The minimum absolute atomic E-state index is 0.0594. The molecule has 1 aromatic rings. The standard InChI is InChI=1S/C31H46N2O5S2/c1-9-29(7)14-23(30(8)18(2)10-12-31(19(3)26(29)36)13-11-21(34)25(30)31)38-24(35)16-39-28(5,6)17-33-27(37)22-15-32-20(4)40-22/h9,15,18-19,23,25-26,36H,1,10-14,16-17H2,2-8H3,(H,33,37)/t18-,19+,23-,25+,26+,29-,30+,31+/m1/s1. The first-order valence-corrected chi connectivity index (χ1v) is 16.3. The number of hydrogen-bond donors (Lipinski definition) is 2. The number of thiazole rings is 1. The Morgan fingerprint density at radius 3 is 2.65 bits per heavy atom. The van der Waals surface area contributed by atoms with Gasteiger partial charge in [-0.1, -0.05) is 33.8 Å². The second kappa shape index (κ2) is 11.2. The summed E-state index contributed by atoms with van der Waals surface area (Å²) in [5.74, 6) is -0.243. The Hall–Kier alpha value is -1.71. The highest BCUT2D eigenvalue weighted by Gasteiger charge is 2.68. The molecule has 0 aromatic carbocycles. The van der Waals surface area contributed by atoms with Crippen molar-refractivity contribution in [2.24, 2.45) is 34.0 Å². The molecule has 7 nitrogen and oxygen atoms in total. The largest absolute Gasteiger partial charge is 0.461 e. The van der Waals surface area contributed by atoms with Crippen LogP contribution in [0.2, 0.25) is 0 Å². The maximum Gasteiger partial charge on any atom is 0.316 e. The van der Waals surface area contributed by atoms with E-state index in [1.165, 1.54) is 23.1 Å². The highest BCUT2D eigenvalue weighted by molar-refractivity contribution is 8.01. The molecule has 2 N–H and O–H groups in total. The Bertz CT molecular complexity index is 1170. The summed E-state index contributed by atoms with van der Waals surface area (Å²) >= 11 is 2.79. The molecule has 9 heteroatoms. The first-order valence-electron chi connectivity index (χ1n) is 14.5. The van der Waals surface area contributed by atoms with Gasteiger partial charge in [0.25, 0.3) is 5.91 Å². The third-order valence-electron chi connectivity index (χ3n) is 10.7. The van der Waals surface area contributed by atoms with E-state index in [0.29, 0.717) is 24.3 Å². The summed E-state index contributed by atoms with van der Waals surface area (Å²) in [6.07, 6.45) is 5.76. The van der Waals surface area contributed by atoms with Gasteiger partial charge in [-0.25, -0.2) is 4.98 Å². The summed E-state index contributed by atoms with van der Waals surface area (Å²) in [4.78, 5) is 44.2. The number of carbonyl (C=O) groups excluding carboxylic acids is 3. The number of nitrogens with zero attached hydrogens (tertiary/aromatic N) is 1. The van der Waals surface area contributed by atoms with Crippen molar-refractivity contribution in [2.75, 3.05) is 12.3 Å². The number of thioether (sulfide) groups is 1. The van der Waals surface area contributed by atoms with Crippen LogP contribution in [0, 0.1) is 40.9 Å². The van der Waals surface area contributed by atoms with Crippen LogP contribution in [0.1, 0.15) is 88.3 Å². The number of amides is 1. The number of esters is 1. The van der Waals surface area contributed by atoms with Crippen molar-refractivity contribution < 1.29 is 24.2 Å². The van der Waals surface area contributed by atoms with Gasteiger partial charge < -0.3 is 15.2 Å². The Labute approximate surface area is 247 Å². The molecule has 3 aliphatic rings. The predicted octanol–water partition coefficient (Wildman–Crippen LogP) is 5.60. The van der Waals surface area contributed by atoms with E-state index in [2.05, 4.69) is 37.7 Å². The van der Waals surface area contributed by atoms with Crippen molar-refractivity contribution in [1.82, 2.24) is 10.3 Å². The molecule has 0 unspecified atom stereocenters. The minimum Gasteiger partial charge on any atom is -0.461 e. The van der Waals surface area contributed by atoms with Crippen molar-refractivity contribution in [3.05, 3.63) is 28.7 Å². The fraction of sp³-hybridized carbons (Fsp3) is 0.742. The van der Waals surface area contributed by atoms with Crippen molar-refractivity contribution in [2.45, 2.75) is 97.5 Å². The lowest BCUT2D eigenvalue weighted by molar-refractivity contribution is -0.205. The van der Waals surface area contributed by atoms with E-state index in [-0.39, 0.29) is 46.6 Å². The molecule has 1 aromatic heterocycles. The second-order valence-corrected chi connectivity index (χ2v) is 16.5. The molecule has 1 heterocycles. The smallest absolute Gasteiger partial charge is 0.316 e. The predicted molar refractivity (Wildman–Crippen MR) is 160 cm³/mol. The molecule has 222 valence electrons. The van der Waals surface area contributed by atoms with Gasteiger partial charge in [0, 0.05) is 34.5 Å². The topological polar surface area (TPSA) is 106 Å². The van der Waals surface area contributed by atoms with Crippen LogP contribution in [-0.4, -0.2) is 57.0 Å². The quantitative estimate of drug-likeness (QED) is 0.300. The normalized spacial score (nSPS) is 37.7. The highest BCUT2D eigenvalue weighted by Crippen LogP contribution is 2.68. The van der Waals surface area contributed by atoms with Crippen molar-refractivity contribution >= 4 is 40.8 Å². The van der Waals surface area contributed by atoms with E-state index in [9.17, 15) is 19.5 Å².